The Labute approximate surface area is 231 Å². The van der Waals surface area contributed by atoms with E-state index in [1.807, 2.05) is 32.0 Å². The average Bonchev–Trinajstić information content (AvgIpc) is 3.33. The zero-order valence-corrected chi connectivity index (χ0v) is 23.7. The van der Waals surface area contributed by atoms with Crippen LogP contribution in [0.15, 0.2) is 48.9 Å². The van der Waals surface area contributed by atoms with Crippen LogP contribution in [0.2, 0.25) is 0 Å². The molecule has 4 aromatic rings. The number of ketones is 1. The highest BCUT2D eigenvalue weighted by molar-refractivity contribution is 5.98. The van der Waals surface area contributed by atoms with Gasteiger partial charge in [-0.25, -0.2) is 9.97 Å². The monoisotopic (exact) mass is 519 g/mol. The van der Waals surface area contributed by atoms with Crippen molar-refractivity contribution in [2.45, 2.75) is 72.3 Å². The molecule has 0 radical (unpaired) electrons. The maximum Gasteiger partial charge on any atom is 0.174 e. The van der Waals surface area contributed by atoms with Crippen LogP contribution in [0, 0.1) is 25.7 Å². The molecule has 200 valence electrons. The average molecular weight is 520 g/mol. The van der Waals surface area contributed by atoms with Crippen LogP contribution in [0.3, 0.4) is 0 Å². The van der Waals surface area contributed by atoms with E-state index in [0.717, 1.165) is 34.6 Å². The largest absolute Gasteiger partial charge is 0.299 e. The van der Waals surface area contributed by atoms with E-state index >= 15 is 0 Å². The molecule has 0 amide bonds. The van der Waals surface area contributed by atoms with Crippen LogP contribution in [-0.2, 0) is 18.4 Å². The molecule has 2 aromatic carbocycles. The van der Waals surface area contributed by atoms with Gasteiger partial charge in [-0.3, -0.25) is 9.69 Å². The maximum atomic E-state index is 13.4. The van der Waals surface area contributed by atoms with Crippen molar-refractivity contribution in [2.75, 3.05) is 13.1 Å². The molecule has 1 aliphatic heterocycles. The first kappa shape index (κ1) is 26.8. The van der Waals surface area contributed by atoms with Gasteiger partial charge in [0, 0.05) is 24.1 Å². The smallest absolute Gasteiger partial charge is 0.174 e. The number of hydrogen-bond acceptors (Lipinski definition) is 5. The first-order valence-corrected chi connectivity index (χ1v) is 13.8. The number of rotatable bonds is 5. The van der Waals surface area contributed by atoms with Crippen molar-refractivity contribution in [1.82, 2.24) is 24.5 Å². The number of hydrogen-bond donors (Lipinski definition) is 0. The van der Waals surface area contributed by atoms with E-state index in [9.17, 15) is 4.79 Å². The summed E-state index contributed by atoms with van der Waals surface area (Å²) in [7, 11) is 0. The summed E-state index contributed by atoms with van der Waals surface area (Å²) < 4.78 is 1.68. The third kappa shape index (κ3) is 6.10. The Morgan fingerprint density at radius 1 is 0.949 bits per heavy atom. The number of nitrogens with zero attached hydrogens (tertiary/aromatic N) is 5. The van der Waals surface area contributed by atoms with E-state index in [2.05, 4.69) is 70.8 Å². The third-order valence-electron chi connectivity index (χ3n) is 7.56. The summed E-state index contributed by atoms with van der Waals surface area (Å²) in [5.41, 5.74) is 7.73. The molecular formula is C33H37N5O. The summed E-state index contributed by atoms with van der Waals surface area (Å²) in [6.07, 6.45) is 7.50. The SMILES string of the molecule is Cc1ccc(C(=O)Cc2ccc(CN3CCCCC3)c(C(C)(C)C)c2)cc1C#Cc1cnn2c(C)ncnc12. The molecule has 1 aliphatic rings. The van der Waals surface area contributed by atoms with Gasteiger partial charge in [-0.1, -0.05) is 69.4 Å². The number of aromatic nitrogens is 4. The number of likely N-dealkylation sites (tertiary alicyclic amines) is 1. The van der Waals surface area contributed by atoms with Crippen molar-refractivity contribution in [2.24, 2.45) is 0 Å². The van der Waals surface area contributed by atoms with Crippen molar-refractivity contribution in [3.05, 3.63) is 93.7 Å². The molecular weight excluding hydrogens is 482 g/mol. The van der Waals surface area contributed by atoms with Crippen molar-refractivity contribution in [3.63, 3.8) is 0 Å². The van der Waals surface area contributed by atoms with Crippen LogP contribution in [0.25, 0.3) is 5.65 Å². The predicted molar refractivity (Wildman–Crippen MR) is 155 cm³/mol. The molecule has 0 N–H and O–H groups in total. The molecule has 39 heavy (non-hydrogen) atoms. The van der Waals surface area contributed by atoms with Gasteiger partial charge in [0.15, 0.2) is 11.4 Å². The first-order valence-electron chi connectivity index (χ1n) is 13.8. The van der Waals surface area contributed by atoms with Gasteiger partial charge in [-0.15, -0.1) is 0 Å². The fraction of sp³-hybridized carbons (Fsp3) is 0.394. The molecule has 2 aromatic heterocycles. The third-order valence-corrected chi connectivity index (χ3v) is 7.56. The molecule has 0 aliphatic carbocycles. The molecule has 0 saturated carbocycles. The fourth-order valence-electron chi connectivity index (χ4n) is 5.29. The van der Waals surface area contributed by atoms with Crippen LogP contribution >= 0.6 is 0 Å². The quantitative estimate of drug-likeness (QED) is 0.245. The molecule has 5 rings (SSSR count). The van der Waals surface area contributed by atoms with E-state index < -0.39 is 0 Å². The zero-order valence-electron chi connectivity index (χ0n) is 23.7. The Kier molecular flexibility index (Phi) is 7.63. The van der Waals surface area contributed by atoms with Crippen molar-refractivity contribution in [1.29, 1.82) is 0 Å². The number of Topliss-reactive ketones (excluding diaryl/α,β-unsaturated/α-hetero) is 1. The van der Waals surface area contributed by atoms with Crippen LogP contribution in [0.1, 0.15) is 89.6 Å². The van der Waals surface area contributed by atoms with Crippen LogP contribution in [0.4, 0.5) is 0 Å². The van der Waals surface area contributed by atoms with Crippen molar-refractivity contribution in [3.8, 4) is 11.8 Å². The van der Waals surface area contributed by atoms with Gasteiger partial charge in [0.25, 0.3) is 0 Å². The van der Waals surface area contributed by atoms with Crippen LogP contribution in [0.5, 0.6) is 0 Å². The molecule has 6 heteroatoms. The van der Waals surface area contributed by atoms with E-state index in [-0.39, 0.29) is 11.2 Å². The maximum absolute atomic E-state index is 13.4. The normalized spacial score (nSPS) is 14.3. The second kappa shape index (κ2) is 11.1. The van der Waals surface area contributed by atoms with Crippen LogP contribution < -0.4 is 0 Å². The lowest BCUT2D eigenvalue weighted by atomic mass is 9.82. The van der Waals surface area contributed by atoms with Gasteiger partial charge in [0.1, 0.15) is 12.2 Å². The highest BCUT2D eigenvalue weighted by Crippen LogP contribution is 2.29. The number of piperidine rings is 1. The second-order valence-electron chi connectivity index (χ2n) is 11.7. The number of aryl methyl sites for hydroxylation is 2. The summed E-state index contributed by atoms with van der Waals surface area (Å²) in [4.78, 5) is 24.5. The van der Waals surface area contributed by atoms with E-state index in [1.165, 1.54) is 49.8 Å². The van der Waals surface area contributed by atoms with Crippen LogP contribution in [-0.4, -0.2) is 43.4 Å². The molecule has 0 atom stereocenters. The summed E-state index contributed by atoms with van der Waals surface area (Å²) in [6.45, 7) is 14.0. The molecule has 0 bridgehead atoms. The van der Waals surface area contributed by atoms with Crippen molar-refractivity contribution < 1.29 is 4.79 Å². The Balaban J connectivity index is 1.37. The number of benzene rings is 2. The Morgan fingerprint density at radius 3 is 2.49 bits per heavy atom. The topological polar surface area (TPSA) is 63.4 Å². The Morgan fingerprint density at radius 2 is 1.72 bits per heavy atom. The minimum Gasteiger partial charge on any atom is -0.299 e. The van der Waals surface area contributed by atoms with E-state index in [1.54, 1.807) is 10.7 Å². The summed E-state index contributed by atoms with van der Waals surface area (Å²) in [6, 6.07) is 12.4. The minimum atomic E-state index is 0.0123. The van der Waals surface area contributed by atoms with Crippen molar-refractivity contribution >= 4 is 11.4 Å². The molecule has 6 nitrogen and oxygen atoms in total. The van der Waals surface area contributed by atoms with Gasteiger partial charge < -0.3 is 0 Å². The lowest BCUT2D eigenvalue weighted by molar-refractivity contribution is 0.0993. The predicted octanol–water partition coefficient (Wildman–Crippen LogP) is 5.85. The van der Waals surface area contributed by atoms with Gasteiger partial charge in [0.2, 0.25) is 0 Å². The Bertz CT molecular complexity index is 1580. The highest BCUT2D eigenvalue weighted by atomic mass is 16.1. The van der Waals surface area contributed by atoms with Gasteiger partial charge >= 0.3 is 0 Å². The number of carbonyl (C=O) groups is 1. The summed E-state index contributed by atoms with van der Waals surface area (Å²) in [5.74, 6) is 7.29. The van der Waals surface area contributed by atoms with Gasteiger partial charge in [0.05, 0.1) is 11.8 Å². The molecule has 0 unspecified atom stereocenters. The lowest BCUT2D eigenvalue weighted by Crippen LogP contribution is -2.30. The Hall–Kier alpha value is -3.82. The number of fused-ring (bicyclic) bond motifs is 1. The second-order valence-corrected chi connectivity index (χ2v) is 11.7. The minimum absolute atomic E-state index is 0.0123. The van der Waals surface area contributed by atoms with E-state index in [4.69, 9.17) is 0 Å². The fourth-order valence-corrected chi connectivity index (χ4v) is 5.29. The first-order chi connectivity index (χ1) is 18.7. The molecule has 1 fully saturated rings. The van der Waals surface area contributed by atoms with Gasteiger partial charge in [-0.2, -0.15) is 9.61 Å². The highest BCUT2D eigenvalue weighted by Gasteiger charge is 2.21. The summed E-state index contributed by atoms with van der Waals surface area (Å²) >= 11 is 0. The summed E-state index contributed by atoms with van der Waals surface area (Å²) in [5, 5.41) is 4.34. The zero-order chi connectivity index (χ0) is 27.6. The number of carbonyl (C=O) groups excluding carboxylic acids is 1. The lowest BCUT2D eigenvalue weighted by Gasteiger charge is -2.30. The standard InChI is InChI=1S/C33H37N5O/c1-23-9-11-27(19-26(23)13-14-28-20-36-38-24(2)34-22-35-32(28)38)31(39)18-25-10-12-29(30(17-25)33(3,4)5)21-37-15-7-6-8-16-37/h9-12,17,19-20,22H,6-8,15-16,18,21H2,1-5H3. The van der Waals surface area contributed by atoms with Gasteiger partial charge in [-0.05, 0) is 73.5 Å². The van der Waals surface area contributed by atoms with E-state index in [0.29, 0.717) is 17.6 Å². The molecule has 1 saturated heterocycles. The molecule has 0 spiro atoms. The molecule has 3 heterocycles.